The molecule has 98 valence electrons. The Balaban J connectivity index is 1.77. The van der Waals surface area contributed by atoms with E-state index in [-0.39, 0.29) is 5.82 Å². The molecule has 2 fully saturated rings. The number of nitrogens with two attached hydrogens (primary N) is 1. The van der Waals surface area contributed by atoms with Gasteiger partial charge in [-0.1, -0.05) is 18.6 Å². The minimum absolute atomic E-state index is 0.285. The van der Waals surface area contributed by atoms with Gasteiger partial charge in [-0.05, 0) is 49.8 Å². The molecule has 0 bridgehead atoms. The number of hydrogen-bond donors (Lipinski definition) is 1. The third kappa shape index (κ3) is 2.12. The van der Waals surface area contributed by atoms with Crippen molar-refractivity contribution in [3.05, 3.63) is 29.6 Å². The molecule has 2 N–H and O–H groups in total. The van der Waals surface area contributed by atoms with Crippen LogP contribution >= 0.6 is 0 Å². The van der Waals surface area contributed by atoms with E-state index in [1.165, 1.54) is 38.2 Å². The second kappa shape index (κ2) is 4.88. The van der Waals surface area contributed by atoms with Crippen molar-refractivity contribution in [1.29, 1.82) is 0 Å². The molecule has 1 aromatic carbocycles. The molecular formula is C15H21FN2. The molecule has 2 aliphatic rings. The number of rotatable bonds is 2. The first-order valence-corrected chi connectivity index (χ1v) is 7.02. The molecule has 1 saturated carbocycles. The van der Waals surface area contributed by atoms with E-state index in [0.717, 1.165) is 24.6 Å². The summed E-state index contributed by atoms with van der Waals surface area (Å²) in [7, 11) is 0. The van der Waals surface area contributed by atoms with Crippen molar-refractivity contribution in [2.24, 2.45) is 5.92 Å². The minimum Gasteiger partial charge on any atom is -0.396 e. The molecule has 1 aromatic rings. The quantitative estimate of drug-likeness (QED) is 0.814. The Labute approximate surface area is 108 Å². The summed E-state index contributed by atoms with van der Waals surface area (Å²) >= 11 is 0. The summed E-state index contributed by atoms with van der Waals surface area (Å²) in [6, 6.07) is 5.86. The van der Waals surface area contributed by atoms with Gasteiger partial charge in [0.2, 0.25) is 0 Å². The van der Waals surface area contributed by atoms with Crippen molar-refractivity contribution >= 4 is 5.69 Å². The number of likely N-dealkylation sites (tertiary alicyclic amines) is 1. The van der Waals surface area contributed by atoms with Crippen LogP contribution in [0.2, 0.25) is 0 Å². The summed E-state index contributed by atoms with van der Waals surface area (Å²) in [5.74, 6) is 0.584. The summed E-state index contributed by atoms with van der Waals surface area (Å²) in [4.78, 5) is 2.52. The van der Waals surface area contributed by atoms with Gasteiger partial charge in [-0.25, -0.2) is 4.39 Å². The standard InChI is InChI=1S/C15H21FN2/c16-13-7-1-5-12(15(13)17)10-18-9-3-6-11-4-2-8-14(11)18/h1,5,7,11,14H,2-4,6,8-10,17H2. The van der Waals surface area contributed by atoms with Gasteiger partial charge in [-0.2, -0.15) is 0 Å². The highest BCUT2D eigenvalue weighted by Gasteiger charge is 2.34. The molecule has 3 rings (SSSR count). The zero-order valence-corrected chi connectivity index (χ0v) is 10.7. The Morgan fingerprint density at radius 2 is 2.06 bits per heavy atom. The van der Waals surface area contributed by atoms with Crippen molar-refractivity contribution in [3.63, 3.8) is 0 Å². The van der Waals surface area contributed by atoms with Crippen LogP contribution in [0, 0.1) is 11.7 Å². The average molecular weight is 248 g/mol. The van der Waals surface area contributed by atoms with Gasteiger partial charge >= 0.3 is 0 Å². The fraction of sp³-hybridized carbons (Fsp3) is 0.600. The van der Waals surface area contributed by atoms with Crippen LogP contribution in [-0.2, 0) is 6.54 Å². The van der Waals surface area contributed by atoms with Crippen LogP contribution in [0.25, 0.3) is 0 Å². The number of hydrogen-bond acceptors (Lipinski definition) is 2. The average Bonchev–Trinajstić information content (AvgIpc) is 2.84. The van der Waals surface area contributed by atoms with E-state index < -0.39 is 0 Å². The normalized spacial score (nSPS) is 28.3. The van der Waals surface area contributed by atoms with Crippen molar-refractivity contribution in [1.82, 2.24) is 4.90 Å². The summed E-state index contributed by atoms with van der Waals surface area (Å²) < 4.78 is 13.5. The van der Waals surface area contributed by atoms with Gasteiger partial charge in [0.1, 0.15) is 5.82 Å². The molecule has 2 unspecified atom stereocenters. The molecule has 2 atom stereocenters. The topological polar surface area (TPSA) is 29.3 Å². The van der Waals surface area contributed by atoms with Crippen molar-refractivity contribution in [2.75, 3.05) is 12.3 Å². The molecule has 1 aliphatic carbocycles. The van der Waals surface area contributed by atoms with E-state index in [0.29, 0.717) is 11.7 Å². The molecule has 2 nitrogen and oxygen atoms in total. The Kier molecular flexibility index (Phi) is 3.25. The number of benzene rings is 1. The van der Waals surface area contributed by atoms with Crippen LogP contribution in [-0.4, -0.2) is 17.5 Å². The fourth-order valence-corrected chi connectivity index (χ4v) is 3.69. The van der Waals surface area contributed by atoms with Gasteiger partial charge in [-0.15, -0.1) is 0 Å². The van der Waals surface area contributed by atoms with Crippen LogP contribution in [0.4, 0.5) is 10.1 Å². The van der Waals surface area contributed by atoms with Gasteiger partial charge in [-0.3, -0.25) is 4.90 Å². The molecule has 0 radical (unpaired) electrons. The number of piperidine rings is 1. The first kappa shape index (κ1) is 12.0. The summed E-state index contributed by atoms with van der Waals surface area (Å²) in [5.41, 5.74) is 7.11. The maximum absolute atomic E-state index is 13.5. The lowest BCUT2D eigenvalue weighted by atomic mass is 9.91. The zero-order valence-electron chi connectivity index (χ0n) is 10.7. The number of halogens is 1. The highest BCUT2D eigenvalue weighted by Crippen LogP contribution is 2.37. The molecule has 1 aliphatic heterocycles. The summed E-state index contributed by atoms with van der Waals surface area (Å²) in [6.07, 6.45) is 6.68. The molecule has 1 heterocycles. The van der Waals surface area contributed by atoms with Crippen molar-refractivity contribution in [2.45, 2.75) is 44.7 Å². The third-order valence-corrected chi connectivity index (χ3v) is 4.62. The maximum Gasteiger partial charge on any atom is 0.146 e. The van der Waals surface area contributed by atoms with Crippen LogP contribution in [0.3, 0.4) is 0 Å². The van der Waals surface area contributed by atoms with E-state index in [4.69, 9.17) is 5.73 Å². The highest BCUT2D eigenvalue weighted by molar-refractivity contribution is 5.47. The first-order chi connectivity index (χ1) is 8.75. The minimum atomic E-state index is -0.285. The largest absolute Gasteiger partial charge is 0.396 e. The van der Waals surface area contributed by atoms with Crippen molar-refractivity contribution in [3.8, 4) is 0 Å². The van der Waals surface area contributed by atoms with Gasteiger partial charge < -0.3 is 5.73 Å². The number of nitrogens with zero attached hydrogens (tertiary/aromatic N) is 1. The molecule has 3 heteroatoms. The SMILES string of the molecule is Nc1c(F)cccc1CN1CCCC2CCCC21. The Hall–Kier alpha value is -1.09. The second-order valence-electron chi connectivity index (χ2n) is 5.68. The Morgan fingerprint density at radius 1 is 1.22 bits per heavy atom. The lowest BCUT2D eigenvalue weighted by molar-refractivity contribution is 0.106. The Morgan fingerprint density at radius 3 is 2.94 bits per heavy atom. The Bertz CT molecular complexity index is 433. The zero-order chi connectivity index (χ0) is 12.5. The summed E-state index contributed by atoms with van der Waals surface area (Å²) in [5, 5.41) is 0. The van der Waals surface area contributed by atoms with E-state index in [9.17, 15) is 4.39 Å². The smallest absolute Gasteiger partial charge is 0.146 e. The van der Waals surface area contributed by atoms with Gasteiger partial charge in [0.05, 0.1) is 5.69 Å². The molecule has 0 spiro atoms. The first-order valence-electron chi connectivity index (χ1n) is 7.02. The van der Waals surface area contributed by atoms with E-state index >= 15 is 0 Å². The van der Waals surface area contributed by atoms with Crippen LogP contribution < -0.4 is 5.73 Å². The number of fused-ring (bicyclic) bond motifs is 1. The number of para-hydroxylation sites is 1. The van der Waals surface area contributed by atoms with E-state index in [2.05, 4.69) is 4.90 Å². The number of anilines is 1. The maximum atomic E-state index is 13.5. The molecule has 1 saturated heterocycles. The fourth-order valence-electron chi connectivity index (χ4n) is 3.69. The molecular weight excluding hydrogens is 227 g/mol. The van der Waals surface area contributed by atoms with Gasteiger partial charge in [0, 0.05) is 12.6 Å². The predicted octanol–water partition coefficient (Wildman–Crippen LogP) is 3.17. The molecule has 0 aromatic heterocycles. The second-order valence-corrected chi connectivity index (χ2v) is 5.68. The van der Waals surface area contributed by atoms with Crippen molar-refractivity contribution < 1.29 is 4.39 Å². The highest BCUT2D eigenvalue weighted by atomic mass is 19.1. The lowest BCUT2D eigenvalue weighted by Crippen LogP contribution is -2.42. The third-order valence-electron chi connectivity index (χ3n) is 4.62. The molecule has 0 amide bonds. The molecule has 18 heavy (non-hydrogen) atoms. The predicted molar refractivity (Wildman–Crippen MR) is 71.6 cm³/mol. The van der Waals surface area contributed by atoms with Crippen LogP contribution in [0.5, 0.6) is 0 Å². The lowest BCUT2D eigenvalue weighted by Gasteiger charge is -2.38. The monoisotopic (exact) mass is 248 g/mol. The van der Waals surface area contributed by atoms with Crippen LogP contribution in [0.1, 0.15) is 37.7 Å². The number of nitrogen functional groups attached to an aromatic ring is 1. The van der Waals surface area contributed by atoms with E-state index in [1.807, 2.05) is 6.07 Å². The van der Waals surface area contributed by atoms with Gasteiger partial charge in [0.15, 0.2) is 0 Å². The van der Waals surface area contributed by atoms with Gasteiger partial charge in [0.25, 0.3) is 0 Å². The van der Waals surface area contributed by atoms with Crippen LogP contribution in [0.15, 0.2) is 18.2 Å². The summed E-state index contributed by atoms with van der Waals surface area (Å²) in [6.45, 7) is 1.95. The van der Waals surface area contributed by atoms with E-state index in [1.54, 1.807) is 6.07 Å².